The second-order valence-electron chi connectivity index (χ2n) is 3.75. The van der Waals surface area contributed by atoms with E-state index in [0.29, 0.717) is 5.69 Å². The number of thiophene rings is 1. The highest BCUT2D eigenvalue weighted by atomic mass is 32.2. The van der Waals surface area contributed by atoms with Crippen LogP contribution in [0.5, 0.6) is 0 Å². The minimum absolute atomic E-state index is 0.0911. The number of sulfonamides is 1. The molecule has 0 fully saturated rings. The van der Waals surface area contributed by atoms with E-state index in [-0.39, 0.29) is 4.90 Å². The molecule has 0 radical (unpaired) electrons. The summed E-state index contributed by atoms with van der Waals surface area (Å²) in [5.74, 6) is 0. The molecule has 94 valence electrons. The van der Waals surface area contributed by atoms with Gasteiger partial charge in [0, 0.05) is 16.0 Å². The number of hydrogen-bond acceptors (Lipinski definition) is 4. The van der Waals surface area contributed by atoms with Crippen molar-refractivity contribution in [3.8, 4) is 0 Å². The molecule has 0 bridgehead atoms. The Hall–Kier alpha value is -1.50. The van der Waals surface area contributed by atoms with Crippen molar-refractivity contribution in [1.29, 1.82) is 0 Å². The molecule has 18 heavy (non-hydrogen) atoms. The van der Waals surface area contributed by atoms with Gasteiger partial charge in [0.25, 0.3) is 0 Å². The molecule has 0 amide bonds. The summed E-state index contributed by atoms with van der Waals surface area (Å²) in [5.41, 5.74) is 0.688. The lowest BCUT2D eigenvalue weighted by atomic mass is 10.3. The third-order valence-electron chi connectivity index (χ3n) is 2.27. The van der Waals surface area contributed by atoms with Crippen LogP contribution in [-0.2, 0) is 10.0 Å². The van der Waals surface area contributed by atoms with Gasteiger partial charge in [-0.1, -0.05) is 0 Å². The van der Waals surface area contributed by atoms with Gasteiger partial charge in [0.1, 0.15) is 0 Å². The minimum atomic E-state index is -3.63. The Kier molecular flexibility index (Phi) is 3.60. The van der Waals surface area contributed by atoms with Crippen LogP contribution in [0, 0.1) is 6.92 Å². The molecule has 4 nitrogen and oxygen atoms in total. The van der Waals surface area contributed by atoms with E-state index >= 15 is 0 Å². The Morgan fingerprint density at radius 1 is 1.17 bits per heavy atom. The molecule has 2 N–H and O–H groups in total. The van der Waals surface area contributed by atoms with Gasteiger partial charge < -0.3 is 0 Å². The van der Waals surface area contributed by atoms with E-state index in [1.165, 1.54) is 17.0 Å². The molecule has 2 rings (SSSR count). The third-order valence-corrected chi connectivity index (χ3v) is 4.13. The zero-order valence-electron chi connectivity index (χ0n) is 9.70. The van der Waals surface area contributed by atoms with Crippen molar-refractivity contribution in [2.24, 2.45) is 10.1 Å². The monoisotopic (exact) mass is 280 g/mol. The Morgan fingerprint density at radius 2 is 1.83 bits per heavy atom. The number of nitrogens with two attached hydrogens (primary N) is 1. The average molecular weight is 280 g/mol. The maximum Gasteiger partial charge on any atom is 0.238 e. The van der Waals surface area contributed by atoms with Gasteiger partial charge in [-0.15, -0.1) is 11.3 Å². The van der Waals surface area contributed by atoms with Crippen molar-refractivity contribution in [3.05, 3.63) is 46.2 Å². The van der Waals surface area contributed by atoms with Crippen molar-refractivity contribution in [1.82, 2.24) is 0 Å². The van der Waals surface area contributed by atoms with Crippen molar-refractivity contribution in [3.63, 3.8) is 0 Å². The summed E-state index contributed by atoms with van der Waals surface area (Å²) in [6.45, 7) is 2.03. The molecule has 0 atom stereocenters. The largest absolute Gasteiger partial charge is 0.255 e. The molecule has 1 aromatic heterocycles. The average Bonchev–Trinajstić information content (AvgIpc) is 2.72. The number of hydrogen-bond donors (Lipinski definition) is 1. The number of aliphatic imine (C=N–C) groups is 1. The summed E-state index contributed by atoms with van der Waals surface area (Å²) < 4.78 is 22.1. The molecule has 1 aromatic carbocycles. The molecular formula is C12H12N2O2S2. The second-order valence-corrected chi connectivity index (χ2v) is 6.63. The van der Waals surface area contributed by atoms with Crippen LogP contribution >= 0.6 is 11.3 Å². The topological polar surface area (TPSA) is 72.5 Å². The van der Waals surface area contributed by atoms with Crippen molar-refractivity contribution in [2.75, 3.05) is 0 Å². The maximum absolute atomic E-state index is 11.1. The highest BCUT2D eigenvalue weighted by Crippen LogP contribution is 2.17. The maximum atomic E-state index is 11.1. The normalized spacial score (nSPS) is 12.1. The van der Waals surface area contributed by atoms with Gasteiger partial charge in [-0.25, -0.2) is 13.6 Å². The van der Waals surface area contributed by atoms with Crippen LogP contribution in [0.4, 0.5) is 5.69 Å². The smallest absolute Gasteiger partial charge is 0.238 e. The van der Waals surface area contributed by atoms with Crippen LogP contribution < -0.4 is 5.14 Å². The first-order valence-corrected chi connectivity index (χ1v) is 7.55. The first kappa shape index (κ1) is 12.9. The SMILES string of the molecule is Cc1ccc(C=Nc2ccc(S(N)(=O)=O)cc2)s1. The molecular weight excluding hydrogens is 268 g/mol. The number of aryl methyl sites for hydroxylation is 1. The number of rotatable bonds is 3. The summed E-state index contributed by atoms with van der Waals surface area (Å²) in [6, 6.07) is 10.1. The molecule has 0 unspecified atom stereocenters. The van der Waals surface area contributed by atoms with E-state index in [0.717, 1.165) is 4.88 Å². The zero-order chi connectivity index (χ0) is 13.2. The summed E-state index contributed by atoms with van der Waals surface area (Å²) in [4.78, 5) is 6.64. The highest BCUT2D eigenvalue weighted by Gasteiger charge is 2.05. The summed E-state index contributed by atoms with van der Waals surface area (Å²) in [6.07, 6.45) is 1.75. The molecule has 0 aliphatic carbocycles. The molecule has 1 heterocycles. The molecule has 0 aliphatic rings. The van der Waals surface area contributed by atoms with E-state index in [4.69, 9.17) is 5.14 Å². The van der Waals surface area contributed by atoms with Gasteiger partial charge in [-0.3, -0.25) is 4.99 Å². The van der Waals surface area contributed by atoms with Gasteiger partial charge in [0.2, 0.25) is 10.0 Å². The second kappa shape index (κ2) is 5.01. The molecule has 2 aromatic rings. The third kappa shape index (κ3) is 3.25. The van der Waals surface area contributed by atoms with Gasteiger partial charge in [-0.2, -0.15) is 0 Å². The van der Waals surface area contributed by atoms with Crippen LogP contribution in [0.2, 0.25) is 0 Å². The van der Waals surface area contributed by atoms with E-state index in [2.05, 4.69) is 4.99 Å². The Labute approximate surface area is 110 Å². The summed E-state index contributed by atoms with van der Waals surface area (Å²) in [7, 11) is -3.63. The molecule has 0 saturated heterocycles. The number of nitrogens with zero attached hydrogens (tertiary/aromatic N) is 1. The fourth-order valence-electron chi connectivity index (χ4n) is 1.38. The molecule has 6 heteroatoms. The van der Waals surface area contributed by atoms with E-state index < -0.39 is 10.0 Å². The van der Waals surface area contributed by atoms with E-state index in [1.807, 2.05) is 19.1 Å². The van der Waals surface area contributed by atoms with Gasteiger partial charge in [0.15, 0.2) is 0 Å². The standard InChI is InChI=1S/C12H12N2O2S2/c1-9-2-5-11(17-9)8-14-10-3-6-12(7-4-10)18(13,15)16/h2-8H,1H3,(H2,13,15,16). The zero-order valence-corrected chi connectivity index (χ0v) is 11.3. The van der Waals surface area contributed by atoms with Crippen LogP contribution in [0.3, 0.4) is 0 Å². The Morgan fingerprint density at radius 3 is 2.33 bits per heavy atom. The fraction of sp³-hybridized carbons (Fsp3) is 0.0833. The van der Waals surface area contributed by atoms with Crippen LogP contribution in [0.1, 0.15) is 9.75 Å². The predicted molar refractivity (Wildman–Crippen MR) is 74.1 cm³/mol. The minimum Gasteiger partial charge on any atom is -0.255 e. The van der Waals surface area contributed by atoms with Crippen molar-refractivity contribution < 1.29 is 8.42 Å². The molecule has 0 saturated carbocycles. The van der Waals surface area contributed by atoms with Gasteiger partial charge in [0.05, 0.1) is 10.6 Å². The summed E-state index contributed by atoms with van der Waals surface area (Å²) in [5, 5.41) is 5.01. The van der Waals surface area contributed by atoms with E-state index in [9.17, 15) is 8.42 Å². The van der Waals surface area contributed by atoms with Gasteiger partial charge in [-0.05, 0) is 43.3 Å². The van der Waals surface area contributed by atoms with Crippen molar-refractivity contribution in [2.45, 2.75) is 11.8 Å². The predicted octanol–water partition coefficient (Wildman–Crippen LogP) is 2.45. The fourth-order valence-corrected chi connectivity index (χ4v) is 2.65. The molecule has 0 spiro atoms. The quantitative estimate of drug-likeness (QED) is 0.877. The van der Waals surface area contributed by atoms with Crippen LogP contribution in [-0.4, -0.2) is 14.6 Å². The van der Waals surface area contributed by atoms with Crippen LogP contribution in [0.15, 0.2) is 46.3 Å². The van der Waals surface area contributed by atoms with Gasteiger partial charge >= 0.3 is 0 Å². The lowest BCUT2D eigenvalue weighted by Crippen LogP contribution is -2.11. The lowest BCUT2D eigenvalue weighted by molar-refractivity contribution is 0.598. The highest BCUT2D eigenvalue weighted by molar-refractivity contribution is 7.89. The lowest BCUT2D eigenvalue weighted by Gasteiger charge is -1.97. The first-order chi connectivity index (χ1) is 8.45. The Bertz CT molecular complexity index is 670. The van der Waals surface area contributed by atoms with Crippen LogP contribution in [0.25, 0.3) is 0 Å². The Balaban J connectivity index is 2.18. The molecule has 0 aliphatic heterocycles. The van der Waals surface area contributed by atoms with Crippen molar-refractivity contribution >= 4 is 33.3 Å². The van der Waals surface area contributed by atoms with E-state index in [1.54, 1.807) is 29.7 Å². The number of benzene rings is 1. The number of primary sulfonamides is 1. The first-order valence-electron chi connectivity index (χ1n) is 5.18. The summed E-state index contributed by atoms with van der Waals surface area (Å²) >= 11 is 1.65.